The van der Waals surface area contributed by atoms with Gasteiger partial charge in [0.1, 0.15) is 0 Å². The monoisotopic (exact) mass is 432 g/mol. The van der Waals surface area contributed by atoms with Crippen molar-refractivity contribution in [3.05, 3.63) is 34.3 Å². The van der Waals surface area contributed by atoms with Gasteiger partial charge in [0, 0.05) is 38.9 Å². The highest BCUT2D eigenvalue weighted by molar-refractivity contribution is 5.74. The van der Waals surface area contributed by atoms with Crippen LogP contribution in [0.2, 0.25) is 0 Å². The number of piperidine rings is 1. The molecule has 0 amide bonds. The Hall–Kier alpha value is -1.67. The summed E-state index contributed by atoms with van der Waals surface area (Å²) in [5, 5.41) is 0. The molecule has 1 saturated carbocycles. The van der Waals surface area contributed by atoms with Crippen LogP contribution in [-0.2, 0) is 20.8 Å². The zero-order chi connectivity index (χ0) is 21.8. The number of benzene rings is 1. The molecule has 0 radical (unpaired) electrons. The quantitative estimate of drug-likeness (QED) is 0.592. The summed E-state index contributed by atoms with van der Waals surface area (Å²) < 4.78 is 23.7. The van der Waals surface area contributed by atoms with Crippen LogP contribution < -0.4 is 5.76 Å². The Bertz CT molecular complexity index is 904. The molecule has 2 aromatic rings. The van der Waals surface area contributed by atoms with E-state index in [1.165, 1.54) is 0 Å². The molecule has 1 saturated heterocycles. The van der Waals surface area contributed by atoms with Gasteiger partial charge in [0.05, 0.1) is 31.4 Å². The summed E-state index contributed by atoms with van der Waals surface area (Å²) in [5.41, 5.74) is 2.82. The van der Waals surface area contributed by atoms with E-state index in [1.807, 2.05) is 22.8 Å². The number of hydrogen-bond donors (Lipinski definition) is 0. The first kappa shape index (κ1) is 22.5. The molecule has 0 spiro atoms. The van der Waals surface area contributed by atoms with Gasteiger partial charge in [-0.15, -0.1) is 0 Å². The van der Waals surface area contributed by atoms with Crippen molar-refractivity contribution in [1.82, 2.24) is 9.47 Å². The average Bonchev–Trinajstić information content (AvgIpc) is 3.11. The molecule has 0 bridgehead atoms. The Balaban J connectivity index is 1.38. The zero-order valence-corrected chi connectivity index (χ0v) is 19.1. The molecular formula is C24H36N2O5. The van der Waals surface area contributed by atoms with Crippen LogP contribution in [0.3, 0.4) is 0 Å². The second kappa shape index (κ2) is 9.86. The summed E-state index contributed by atoms with van der Waals surface area (Å²) in [7, 11) is 3.39. The number of ether oxygens (including phenoxy) is 3. The van der Waals surface area contributed by atoms with E-state index in [2.05, 4.69) is 11.8 Å². The fourth-order valence-corrected chi connectivity index (χ4v) is 5.34. The number of likely N-dealkylation sites (tertiary alicyclic amines) is 1. The van der Waals surface area contributed by atoms with E-state index in [0.29, 0.717) is 31.5 Å². The van der Waals surface area contributed by atoms with Crippen LogP contribution in [0.1, 0.15) is 57.1 Å². The number of oxazole rings is 1. The number of nitrogens with zero attached hydrogens (tertiary/aromatic N) is 2. The maximum Gasteiger partial charge on any atom is 0.420 e. The molecular weight excluding hydrogens is 396 g/mol. The van der Waals surface area contributed by atoms with Gasteiger partial charge in [0.25, 0.3) is 0 Å². The van der Waals surface area contributed by atoms with Gasteiger partial charge in [-0.1, -0.05) is 6.07 Å². The predicted octanol–water partition coefficient (Wildman–Crippen LogP) is 3.74. The number of rotatable bonds is 8. The minimum absolute atomic E-state index is 0.181. The summed E-state index contributed by atoms with van der Waals surface area (Å²) >= 11 is 0. The lowest BCUT2D eigenvalue weighted by Gasteiger charge is -2.48. The molecule has 1 aliphatic heterocycles. The van der Waals surface area contributed by atoms with Crippen molar-refractivity contribution in [2.75, 3.05) is 40.5 Å². The highest BCUT2D eigenvalue weighted by Crippen LogP contribution is 2.38. The normalized spacial score (nSPS) is 26.0. The van der Waals surface area contributed by atoms with Crippen molar-refractivity contribution in [2.24, 2.45) is 0 Å². The van der Waals surface area contributed by atoms with Gasteiger partial charge in [0.15, 0.2) is 5.58 Å². The lowest BCUT2D eigenvalue weighted by Crippen LogP contribution is -2.53. The van der Waals surface area contributed by atoms with Gasteiger partial charge in [-0.05, 0) is 63.1 Å². The molecule has 4 rings (SSSR count). The third-order valence-corrected chi connectivity index (χ3v) is 7.23. The molecule has 31 heavy (non-hydrogen) atoms. The predicted molar refractivity (Wildman–Crippen MR) is 120 cm³/mol. The Morgan fingerprint density at radius 1 is 1.06 bits per heavy atom. The SMILES string of the molecule is COCCOC1CCC(C)(N2CCC(n3c(=O)oc4ccc(COC)cc43)CC2)CC1. The van der Waals surface area contributed by atoms with Crippen molar-refractivity contribution in [3.63, 3.8) is 0 Å². The maximum atomic E-state index is 12.6. The largest absolute Gasteiger partial charge is 0.420 e. The number of hydrogen-bond acceptors (Lipinski definition) is 6. The van der Waals surface area contributed by atoms with Crippen LogP contribution in [0.5, 0.6) is 0 Å². The molecule has 0 atom stereocenters. The van der Waals surface area contributed by atoms with Crippen molar-refractivity contribution >= 4 is 11.1 Å². The third kappa shape index (κ3) is 4.90. The molecule has 2 aliphatic rings. The van der Waals surface area contributed by atoms with Crippen molar-refractivity contribution < 1.29 is 18.6 Å². The molecule has 7 heteroatoms. The van der Waals surface area contributed by atoms with Gasteiger partial charge in [-0.2, -0.15) is 0 Å². The van der Waals surface area contributed by atoms with Crippen LogP contribution in [0, 0.1) is 0 Å². The average molecular weight is 433 g/mol. The molecule has 1 aliphatic carbocycles. The number of fused-ring (bicyclic) bond motifs is 1. The van der Waals surface area contributed by atoms with Crippen molar-refractivity contribution in [2.45, 2.75) is 69.7 Å². The molecule has 1 aromatic heterocycles. The van der Waals surface area contributed by atoms with Crippen molar-refractivity contribution in [1.29, 1.82) is 0 Å². The zero-order valence-electron chi connectivity index (χ0n) is 19.1. The van der Waals surface area contributed by atoms with Gasteiger partial charge in [-0.25, -0.2) is 4.79 Å². The Morgan fingerprint density at radius 3 is 2.48 bits per heavy atom. The Labute approximate surface area is 184 Å². The molecule has 1 aromatic carbocycles. The van der Waals surface area contributed by atoms with E-state index < -0.39 is 0 Å². The smallest absolute Gasteiger partial charge is 0.408 e. The standard InChI is InChI=1S/C24H36N2O5/c1-24(10-6-20(7-11-24)30-15-14-28-2)25-12-8-19(9-13-25)26-21-16-18(17-29-3)4-5-22(21)31-23(26)27/h4-5,16,19-20H,6-15,17H2,1-3H3. The van der Waals surface area contributed by atoms with Crippen LogP contribution >= 0.6 is 0 Å². The summed E-state index contributed by atoms with van der Waals surface area (Å²) in [6, 6.07) is 6.05. The molecule has 0 unspecified atom stereocenters. The molecule has 2 fully saturated rings. The highest BCUT2D eigenvalue weighted by Gasteiger charge is 2.38. The van der Waals surface area contributed by atoms with E-state index in [9.17, 15) is 4.79 Å². The maximum absolute atomic E-state index is 12.6. The molecule has 2 heterocycles. The van der Waals surface area contributed by atoms with E-state index in [0.717, 1.165) is 62.7 Å². The minimum atomic E-state index is -0.247. The van der Waals surface area contributed by atoms with E-state index in [-0.39, 0.29) is 17.3 Å². The topological polar surface area (TPSA) is 66.1 Å². The minimum Gasteiger partial charge on any atom is -0.408 e. The summed E-state index contributed by atoms with van der Waals surface area (Å²) in [4.78, 5) is 15.3. The fraction of sp³-hybridized carbons (Fsp3) is 0.708. The highest BCUT2D eigenvalue weighted by atomic mass is 16.5. The molecule has 0 N–H and O–H groups in total. The van der Waals surface area contributed by atoms with Crippen LogP contribution in [0.15, 0.2) is 27.4 Å². The fourth-order valence-electron chi connectivity index (χ4n) is 5.34. The number of methoxy groups -OCH3 is 2. The summed E-state index contributed by atoms with van der Waals surface area (Å²) in [5.74, 6) is -0.247. The van der Waals surface area contributed by atoms with E-state index in [4.69, 9.17) is 18.6 Å². The summed E-state index contributed by atoms with van der Waals surface area (Å²) in [6.45, 7) is 6.29. The third-order valence-electron chi connectivity index (χ3n) is 7.23. The Morgan fingerprint density at radius 2 is 1.81 bits per heavy atom. The molecule has 7 nitrogen and oxygen atoms in total. The number of aromatic nitrogens is 1. The second-order valence-electron chi connectivity index (χ2n) is 9.25. The van der Waals surface area contributed by atoms with Gasteiger partial charge in [-0.3, -0.25) is 9.47 Å². The van der Waals surface area contributed by atoms with E-state index in [1.54, 1.807) is 14.2 Å². The van der Waals surface area contributed by atoms with Crippen LogP contribution in [0.4, 0.5) is 0 Å². The van der Waals surface area contributed by atoms with Crippen molar-refractivity contribution in [3.8, 4) is 0 Å². The van der Waals surface area contributed by atoms with Gasteiger partial charge < -0.3 is 18.6 Å². The first-order chi connectivity index (χ1) is 15.0. The lowest BCUT2D eigenvalue weighted by molar-refractivity contribution is -0.0419. The Kier molecular flexibility index (Phi) is 7.16. The second-order valence-corrected chi connectivity index (χ2v) is 9.25. The lowest BCUT2D eigenvalue weighted by atomic mass is 9.79. The van der Waals surface area contributed by atoms with E-state index >= 15 is 0 Å². The molecule has 172 valence electrons. The van der Waals surface area contributed by atoms with Crippen LogP contribution in [-0.4, -0.2) is 61.6 Å². The first-order valence-electron chi connectivity index (χ1n) is 11.5. The first-order valence-corrected chi connectivity index (χ1v) is 11.5. The van der Waals surface area contributed by atoms with Gasteiger partial charge >= 0.3 is 5.76 Å². The van der Waals surface area contributed by atoms with Crippen LogP contribution in [0.25, 0.3) is 11.1 Å². The van der Waals surface area contributed by atoms with Gasteiger partial charge in [0.2, 0.25) is 0 Å². The summed E-state index contributed by atoms with van der Waals surface area (Å²) in [6.07, 6.45) is 6.81.